The molecule has 3 N–H and O–H groups in total. The van der Waals surface area contributed by atoms with Crippen LogP contribution in [0.5, 0.6) is 0 Å². The quantitative estimate of drug-likeness (QED) is 0.828. The third-order valence-corrected chi connectivity index (χ3v) is 4.47. The normalized spacial score (nSPS) is 13.8. The number of aryl methyl sites for hydroxylation is 1. The zero-order chi connectivity index (χ0) is 14.6. The zero-order valence-corrected chi connectivity index (χ0v) is 13.1. The van der Waals surface area contributed by atoms with E-state index in [9.17, 15) is 0 Å². The standard InChI is InChI=1S/C15H28N4/c1-7-15(8-2,19(5)6)13(17-4)12-11(3)9-10-18-14(12)16/h9-10,13,17H,7-8H2,1-6H3,(H2,16,18). The van der Waals surface area contributed by atoms with Crippen molar-refractivity contribution in [3.63, 3.8) is 0 Å². The molecule has 0 bridgehead atoms. The number of anilines is 1. The van der Waals surface area contributed by atoms with Gasteiger partial charge in [-0.15, -0.1) is 0 Å². The van der Waals surface area contributed by atoms with Crippen LogP contribution >= 0.6 is 0 Å². The van der Waals surface area contributed by atoms with Crippen molar-refractivity contribution in [1.29, 1.82) is 0 Å². The Bertz CT molecular complexity index is 390. The highest BCUT2D eigenvalue weighted by Crippen LogP contribution is 2.38. The molecule has 0 amide bonds. The fraction of sp³-hybridized carbons (Fsp3) is 0.667. The summed E-state index contributed by atoms with van der Waals surface area (Å²) in [7, 11) is 6.28. The first-order valence-corrected chi connectivity index (χ1v) is 7.00. The molecular weight excluding hydrogens is 236 g/mol. The smallest absolute Gasteiger partial charge is 0.128 e. The average molecular weight is 264 g/mol. The van der Waals surface area contributed by atoms with Crippen molar-refractivity contribution in [2.75, 3.05) is 26.9 Å². The van der Waals surface area contributed by atoms with Gasteiger partial charge in [0, 0.05) is 17.3 Å². The fourth-order valence-corrected chi connectivity index (χ4v) is 3.20. The molecule has 1 heterocycles. The first kappa shape index (κ1) is 15.9. The van der Waals surface area contributed by atoms with Crippen LogP contribution in [0.3, 0.4) is 0 Å². The largest absolute Gasteiger partial charge is 0.383 e. The number of nitrogens with one attached hydrogen (secondary N) is 1. The number of rotatable bonds is 6. The molecule has 0 saturated carbocycles. The molecule has 1 aromatic rings. The Hall–Kier alpha value is -1.13. The van der Waals surface area contributed by atoms with Gasteiger partial charge in [-0.3, -0.25) is 0 Å². The predicted molar refractivity (Wildman–Crippen MR) is 82.2 cm³/mol. The third-order valence-electron chi connectivity index (χ3n) is 4.47. The lowest BCUT2D eigenvalue weighted by Crippen LogP contribution is -2.52. The summed E-state index contributed by atoms with van der Waals surface area (Å²) >= 11 is 0. The first-order valence-electron chi connectivity index (χ1n) is 7.00. The number of hydrogen-bond acceptors (Lipinski definition) is 4. The van der Waals surface area contributed by atoms with Crippen LogP contribution in [0.15, 0.2) is 12.3 Å². The molecule has 0 radical (unpaired) electrons. The van der Waals surface area contributed by atoms with Gasteiger partial charge >= 0.3 is 0 Å². The predicted octanol–water partition coefficient (Wildman–Crippen LogP) is 2.35. The molecule has 4 nitrogen and oxygen atoms in total. The average Bonchev–Trinajstić information content (AvgIpc) is 2.37. The highest BCUT2D eigenvalue weighted by atomic mass is 15.2. The van der Waals surface area contributed by atoms with E-state index in [1.54, 1.807) is 6.20 Å². The minimum absolute atomic E-state index is 0.0384. The maximum absolute atomic E-state index is 6.13. The Morgan fingerprint density at radius 1 is 1.37 bits per heavy atom. The minimum Gasteiger partial charge on any atom is -0.383 e. The number of nitrogen functional groups attached to an aromatic ring is 1. The van der Waals surface area contributed by atoms with Gasteiger partial charge in [0.15, 0.2) is 0 Å². The van der Waals surface area contributed by atoms with Crippen molar-refractivity contribution in [2.24, 2.45) is 0 Å². The third kappa shape index (κ3) is 2.74. The van der Waals surface area contributed by atoms with Crippen molar-refractivity contribution in [1.82, 2.24) is 15.2 Å². The molecular formula is C15H28N4. The highest BCUT2D eigenvalue weighted by molar-refractivity contribution is 5.47. The zero-order valence-electron chi connectivity index (χ0n) is 13.1. The summed E-state index contributed by atoms with van der Waals surface area (Å²) in [6.45, 7) is 6.56. The van der Waals surface area contributed by atoms with E-state index >= 15 is 0 Å². The lowest BCUT2D eigenvalue weighted by molar-refractivity contribution is 0.0917. The van der Waals surface area contributed by atoms with Crippen LogP contribution in [0.4, 0.5) is 5.82 Å². The molecule has 19 heavy (non-hydrogen) atoms. The van der Waals surface area contributed by atoms with E-state index < -0.39 is 0 Å². The number of aromatic nitrogens is 1. The molecule has 0 saturated heterocycles. The summed E-state index contributed by atoms with van der Waals surface area (Å²) in [6.07, 6.45) is 3.88. The van der Waals surface area contributed by atoms with Gasteiger partial charge in [0.2, 0.25) is 0 Å². The summed E-state index contributed by atoms with van der Waals surface area (Å²) in [4.78, 5) is 6.58. The van der Waals surface area contributed by atoms with Gasteiger partial charge in [-0.1, -0.05) is 13.8 Å². The fourth-order valence-electron chi connectivity index (χ4n) is 3.20. The Labute approximate surface area is 117 Å². The molecule has 0 aliphatic carbocycles. The van der Waals surface area contributed by atoms with E-state index in [4.69, 9.17) is 5.73 Å². The molecule has 4 heteroatoms. The number of nitrogens with two attached hydrogens (primary N) is 1. The number of hydrogen-bond donors (Lipinski definition) is 2. The molecule has 108 valence electrons. The van der Waals surface area contributed by atoms with Crippen molar-refractivity contribution < 1.29 is 0 Å². The van der Waals surface area contributed by atoms with Gasteiger partial charge in [0.25, 0.3) is 0 Å². The Morgan fingerprint density at radius 3 is 2.32 bits per heavy atom. The lowest BCUT2D eigenvalue weighted by Gasteiger charge is -2.45. The van der Waals surface area contributed by atoms with Crippen LogP contribution in [0.2, 0.25) is 0 Å². The van der Waals surface area contributed by atoms with Gasteiger partial charge in [-0.25, -0.2) is 4.98 Å². The van der Waals surface area contributed by atoms with E-state index in [0.717, 1.165) is 18.4 Å². The van der Waals surface area contributed by atoms with Gasteiger partial charge in [-0.2, -0.15) is 0 Å². The number of pyridine rings is 1. The van der Waals surface area contributed by atoms with Crippen molar-refractivity contribution in [2.45, 2.75) is 45.2 Å². The lowest BCUT2D eigenvalue weighted by atomic mass is 9.78. The van der Waals surface area contributed by atoms with Crippen molar-refractivity contribution in [3.05, 3.63) is 23.4 Å². The van der Waals surface area contributed by atoms with Crippen LogP contribution in [-0.4, -0.2) is 36.6 Å². The Morgan fingerprint density at radius 2 is 1.95 bits per heavy atom. The molecule has 1 unspecified atom stereocenters. The summed E-state index contributed by atoms with van der Waals surface area (Å²) in [5, 5.41) is 3.46. The second-order valence-electron chi connectivity index (χ2n) is 5.35. The van der Waals surface area contributed by atoms with Gasteiger partial charge in [0.1, 0.15) is 5.82 Å². The number of likely N-dealkylation sites (N-methyl/N-ethyl adjacent to an activating group) is 2. The van der Waals surface area contributed by atoms with Crippen LogP contribution in [0.25, 0.3) is 0 Å². The molecule has 0 aliphatic heterocycles. The Balaban J connectivity index is 3.40. The Kier molecular flexibility index (Phi) is 5.32. The maximum atomic E-state index is 6.13. The number of nitrogens with zero attached hydrogens (tertiary/aromatic N) is 2. The van der Waals surface area contributed by atoms with Crippen LogP contribution in [-0.2, 0) is 0 Å². The first-order chi connectivity index (χ1) is 8.94. The van der Waals surface area contributed by atoms with Gasteiger partial charge < -0.3 is 16.0 Å². The molecule has 0 aromatic carbocycles. The maximum Gasteiger partial charge on any atom is 0.128 e. The van der Waals surface area contributed by atoms with Crippen LogP contribution in [0, 0.1) is 6.92 Å². The molecule has 0 fully saturated rings. The molecule has 0 spiro atoms. The second-order valence-corrected chi connectivity index (χ2v) is 5.35. The molecule has 1 rings (SSSR count). The summed E-state index contributed by atoms with van der Waals surface area (Å²) < 4.78 is 0. The minimum atomic E-state index is 0.0384. The van der Waals surface area contributed by atoms with E-state index in [1.165, 1.54) is 5.56 Å². The van der Waals surface area contributed by atoms with Gasteiger partial charge in [0.05, 0.1) is 6.04 Å². The van der Waals surface area contributed by atoms with E-state index in [0.29, 0.717) is 5.82 Å². The molecule has 0 aliphatic rings. The highest BCUT2D eigenvalue weighted by Gasteiger charge is 2.39. The summed E-state index contributed by atoms with van der Waals surface area (Å²) in [6, 6.07) is 2.20. The molecule has 1 aromatic heterocycles. The summed E-state index contributed by atoms with van der Waals surface area (Å²) in [5.74, 6) is 0.632. The topological polar surface area (TPSA) is 54.2 Å². The molecule has 1 atom stereocenters. The second kappa shape index (κ2) is 6.35. The van der Waals surface area contributed by atoms with E-state index in [1.807, 2.05) is 13.1 Å². The van der Waals surface area contributed by atoms with Crippen molar-refractivity contribution >= 4 is 5.82 Å². The van der Waals surface area contributed by atoms with E-state index in [2.05, 4.69) is 50.1 Å². The summed E-state index contributed by atoms with van der Waals surface area (Å²) in [5.41, 5.74) is 8.49. The monoisotopic (exact) mass is 264 g/mol. The van der Waals surface area contributed by atoms with Gasteiger partial charge in [-0.05, 0) is 52.5 Å². The van der Waals surface area contributed by atoms with Crippen molar-refractivity contribution in [3.8, 4) is 0 Å². The van der Waals surface area contributed by atoms with Crippen LogP contribution < -0.4 is 11.1 Å². The van der Waals surface area contributed by atoms with E-state index in [-0.39, 0.29) is 11.6 Å². The SMILES string of the molecule is CCC(CC)(C(NC)c1c(C)ccnc1N)N(C)C. The van der Waals surface area contributed by atoms with Crippen LogP contribution in [0.1, 0.15) is 43.9 Å².